The van der Waals surface area contributed by atoms with E-state index in [9.17, 15) is 19.7 Å². The molecule has 0 saturated heterocycles. The van der Waals surface area contributed by atoms with E-state index in [1.165, 1.54) is 11.0 Å². The van der Waals surface area contributed by atoms with Crippen LogP contribution in [0.25, 0.3) is 0 Å². The van der Waals surface area contributed by atoms with Gasteiger partial charge in [0.25, 0.3) is 5.69 Å². The van der Waals surface area contributed by atoms with Gasteiger partial charge in [-0.3, -0.25) is 19.7 Å². The predicted octanol–water partition coefficient (Wildman–Crippen LogP) is 4.96. The molecule has 3 aromatic carbocycles. The quantitative estimate of drug-likeness (QED) is 0.302. The molecule has 3 rings (SSSR count). The molecule has 7 nitrogen and oxygen atoms in total. The van der Waals surface area contributed by atoms with Crippen LogP contribution < -0.4 is 5.32 Å². The largest absolute Gasteiger partial charge is 0.354 e. The number of nitrogens with zero attached hydrogens (tertiary/aromatic N) is 2. The van der Waals surface area contributed by atoms with Gasteiger partial charge in [-0.05, 0) is 23.6 Å². The van der Waals surface area contributed by atoms with Crippen molar-refractivity contribution in [1.29, 1.82) is 0 Å². The van der Waals surface area contributed by atoms with Crippen LogP contribution in [0.4, 0.5) is 5.69 Å². The van der Waals surface area contributed by atoms with Crippen LogP contribution in [0, 0.1) is 10.1 Å². The number of hydrogen-bond acceptors (Lipinski definition) is 4. The Hall–Kier alpha value is -3.71. The Morgan fingerprint density at radius 1 is 0.971 bits per heavy atom. The zero-order chi connectivity index (χ0) is 25.2. The molecule has 0 heterocycles. The molecule has 182 valence electrons. The average Bonchev–Trinajstić information content (AvgIpc) is 2.86. The molecule has 1 unspecified atom stereocenters. The Labute approximate surface area is 209 Å². The summed E-state index contributed by atoms with van der Waals surface area (Å²) < 4.78 is 0. The lowest BCUT2D eigenvalue weighted by atomic mass is 10.0. The first-order valence-corrected chi connectivity index (χ1v) is 11.8. The number of carbonyl (C=O) groups excluding carboxylic acids is 2. The number of rotatable bonds is 11. The Bertz CT molecular complexity index is 1170. The molecule has 0 fully saturated rings. The highest BCUT2D eigenvalue weighted by Gasteiger charge is 2.31. The minimum absolute atomic E-state index is 0.0934. The second kappa shape index (κ2) is 12.7. The third-order valence-corrected chi connectivity index (χ3v) is 6.02. The second-order valence-electron chi connectivity index (χ2n) is 8.17. The first kappa shape index (κ1) is 25.9. The van der Waals surface area contributed by atoms with Crippen LogP contribution in [0.15, 0.2) is 78.9 Å². The fourth-order valence-corrected chi connectivity index (χ4v) is 4.03. The summed E-state index contributed by atoms with van der Waals surface area (Å²) in [6.45, 7) is 2.52. The maximum atomic E-state index is 13.7. The molecule has 0 saturated carbocycles. The SMILES string of the molecule is CCCNC(=O)C(Cc1ccccc1)N(Cc1ccccc1Cl)C(=O)Cc1ccccc1[N+](=O)[O-]. The summed E-state index contributed by atoms with van der Waals surface area (Å²) in [5.41, 5.74) is 1.74. The molecule has 0 aliphatic rings. The van der Waals surface area contributed by atoms with Gasteiger partial charge in [-0.25, -0.2) is 0 Å². The van der Waals surface area contributed by atoms with Gasteiger partial charge in [0.2, 0.25) is 11.8 Å². The summed E-state index contributed by atoms with van der Waals surface area (Å²) in [6.07, 6.45) is 0.829. The first-order chi connectivity index (χ1) is 16.9. The van der Waals surface area contributed by atoms with Crippen molar-refractivity contribution in [2.75, 3.05) is 6.54 Å². The maximum Gasteiger partial charge on any atom is 0.273 e. The van der Waals surface area contributed by atoms with Crippen molar-refractivity contribution in [3.63, 3.8) is 0 Å². The van der Waals surface area contributed by atoms with Gasteiger partial charge in [0.05, 0.1) is 11.3 Å². The summed E-state index contributed by atoms with van der Waals surface area (Å²) in [5.74, 6) is -0.675. The number of nitro benzene ring substituents is 1. The summed E-state index contributed by atoms with van der Waals surface area (Å²) in [5, 5.41) is 14.9. The summed E-state index contributed by atoms with van der Waals surface area (Å²) in [6, 6.07) is 21.9. The lowest BCUT2D eigenvalue weighted by Gasteiger charge is -2.32. The molecule has 0 aliphatic carbocycles. The molecule has 0 spiro atoms. The molecular weight excluding hydrogens is 466 g/mol. The van der Waals surface area contributed by atoms with Crippen LogP contribution in [0.1, 0.15) is 30.0 Å². The van der Waals surface area contributed by atoms with Crippen molar-refractivity contribution in [1.82, 2.24) is 10.2 Å². The first-order valence-electron chi connectivity index (χ1n) is 11.5. The molecule has 0 bridgehead atoms. The van der Waals surface area contributed by atoms with E-state index in [-0.39, 0.29) is 24.6 Å². The van der Waals surface area contributed by atoms with Crippen molar-refractivity contribution in [2.24, 2.45) is 0 Å². The van der Waals surface area contributed by atoms with Gasteiger partial charge in [-0.2, -0.15) is 0 Å². The zero-order valence-electron chi connectivity index (χ0n) is 19.5. The van der Waals surface area contributed by atoms with E-state index in [4.69, 9.17) is 11.6 Å². The van der Waals surface area contributed by atoms with Crippen molar-refractivity contribution < 1.29 is 14.5 Å². The van der Waals surface area contributed by atoms with Gasteiger partial charge < -0.3 is 10.2 Å². The summed E-state index contributed by atoms with van der Waals surface area (Å²) in [7, 11) is 0. The van der Waals surface area contributed by atoms with Gasteiger partial charge in [-0.15, -0.1) is 0 Å². The third kappa shape index (κ3) is 7.13. The number of carbonyl (C=O) groups is 2. The average molecular weight is 494 g/mol. The normalized spacial score (nSPS) is 11.5. The van der Waals surface area contributed by atoms with E-state index < -0.39 is 16.9 Å². The topological polar surface area (TPSA) is 92.6 Å². The number of para-hydroxylation sites is 1. The second-order valence-corrected chi connectivity index (χ2v) is 8.58. The number of amides is 2. The summed E-state index contributed by atoms with van der Waals surface area (Å²) >= 11 is 6.40. The minimum Gasteiger partial charge on any atom is -0.354 e. The van der Waals surface area contributed by atoms with E-state index >= 15 is 0 Å². The molecule has 3 aromatic rings. The predicted molar refractivity (Wildman–Crippen MR) is 136 cm³/mol. The van der Waals surface area contributed by atoms with E-state index in [1.807, 2.05) is 43.3 Å². The number of benzene rings is 3. The molecular formula is C27H28ClN3O4. The Kier molecular flexibility index (Phi) is 9.38. The number of halogens is 1. The van der Waals surface area contributed by atoms with Crippen LogP contribution in [-0.4, -0.2) is 34.2 Å². The standard InChI is InChI=1S/C27H28ClN3O4/c1-2-16-29-27(33)25(17-20-10-4-3-5-11-20)30(19-22-13-6-8-14-23(22)28)26(32)18-21-12-7-9-15-24(21)31(34)35/h3-15,25H,2,16-19H2,1H3,(H,29,33). The Balaban J connectivity index is 2.01. The van der Waals surface area contributed by atoms with Crippen molar-refractivity contribution >= 4 is 29.1 Å². The van der Waals surface area contributed by atoms with Crippen LogP contribution in [0.2, 0.25) is 5.02 Å². The van der Waals surface area contributed by atoms with Gasteiger partial charge in [0.1, 0.15) is 6.04 Å². The molecule has 1 N–H and O–H groups in total. The monoisotopic (exact) mass is 493 g/mol. The molecule has 0 aromatic heterocycles. The van der Waals surface area contributed by atoms with E-state index in [1.54, 1.807) is 36.4 Å². The number of nitro groups is 1. The Morgan fingerprint density at radius 3 is 2.26 bits per heavy atom. The van der Waals surface area contributed by atoms with E-state index in [2.05, 4.69) is 5.32 Å². The van der Waals surface area contributed by atoms with Gasteiger partial charge in [0, 0.05) is 36.2 Å². The fraction of sp³-hybridized carbons (Fsp3) is 0.259. The molecule has 1 atom stereocenters. The minimum atomic E-state index is -0.824. The maximum absolute atomic E-state index is 13.7. The van der Waals surface area contributed by atoms with Crippen LogP contribution >= 0.6 is 11.6 Å². The third-order valence-electron chi connectivity index (χ3n) is 5.65. The molecule has 0 aliphatic heterocycles. The lowest BCUT2D eigenvalue weighted by molar-refractivity contribution is -0.385. The highest BCUT2D eigenvalue weighted by molar-refractivity contribution is 6.31. The fourth-order valence-electron chi connectivity index (χ4n) is 3.83. The van der Waals surface area contributed by atoms with Crippen LogP contribution in [-0.2, 0) is 29.0 Å². The van der Waals surface area contributed by atoms with Crippen molar-refractivity contribution in [3.05, 3.63) is 111 Å². The zero-order valence-corrected chi connectivity index (χ0v) is 20.3. The number of nitrogens with one attached hydrogen (secondary N) is 1. The highest BCUT2D eigenvalue weighted by Crippen LogP contribution is 2.23. The van der Waals surface area contributed by atoms with Gasteiger partial charge >= 0.3 is 0 Å². The van der Waals surface area contributed by atoms with Gasteiger partial charge in [0.15, 0.2) is 0 Å². The van der Waals surface area contributed by atoms with E-state index in [0.717, 1.165) is 12.0 Å². The molecule has 2 amide bonds. The number of hydrogen-bond donors (Lipinski definition) is 1. The van der Waals surface area contributed by atoms with Crippen LogP contribution in [0.5, 0.6) is 0 Å². The van der Waals surface area contributed by atoms with Crippen molar-refractivity contribution in [2.45, 2.75) is 38.8 Å². The highest BCUT2D eigenvalue weighted by atomic mass is 35.5. The summed E-state index contributed by atoms with van der Waals surface area (Å²) in [4.78, 5) is 39.5. The lowest BCUT2D eigenvalue weighted by Crippen LogP contribution is -2.51. The van der Waals surface area contributed by atoms with E-state index in [0.29, 0.717) is 29.1 Å². The molecule has 35 heavy (non-hydrogen) atoms. The van der Waals surface area contributed by atoms with Gasteiger partial charge in [-0.1, -0.05) is 85.3 Å². The Morgan fingerprint density at radius 2 is 1.60 bits per heavy atom. The van der Waals surface area contributed by atoms with Crippen LogP contribution in [0.3, 0.4) is 0 Å². The molecule has 0 radical (unpaired) electrons. The van der Waals surface area contributed by atoms with Crippen molar-refractivity contribution in [3.8, 4) is 0 Å². The smallest absolute Gasteiger partial charge is 0.273 e. The molecule has 8 heteroatoms.